The molecule has 1 heterocycles. The van der Waals surface area contributed by atoms with E-state index in [2.05, 4.69) is 5.32 Å². The Bertz CT molecular complexity index is 797. The standard InChI is InChI=1S/C21H25FN2O3/c1-15-8-9-20(19(22)11-15)23-21(25)24-10-4-5-16(13-24)14-27-18-7-3-6-17(12-18)26-2/h3,6-9,11-12,16H,4-5,10,13-14H2,1-2H3,(H,23,25)/t16-/m1/s1. The molecule has 0 spiro atoms. The molecule has 3 rings (SSSR count). The SMILES string of the molecule is COc1cccc(OC[C@@H]2CCCN(C(=O)Nc3ccc(C)cc3F)C2)c1. The third kappa shape index (κ3) is 5.12. The number of piperidine rings is 1. The molecule has 1 saturated heterocycles. The van der Waals surface area contributed by atoms with E-state index in [-0.39, 0.29) is 17.6 Å². The first-order valence-electron chi connectivity index (χ1n) is 9.14. The number of hydrogen-bond donors (Lipinski definition) is 1. The van der Waals surface area contributed by atoms with Gasteiger partial charge in [-0.3, -0.25) is 0 Å². The molecule has 27 heavy (non-hydrogen) atoms. The number of urea groups is 1. The zero-order valence-corrected chi connectivity index (χ0v) is 15.7. The largest absolute Gasteiger partial charge is 0.497 e. The quantitative estimate of drug-likeness (QED) is 0.843. The van der Waals surface area contributed by atoms with Crippen LogP contribution in [0.25, 0.3) is 0 Å². The number of likely N-dealkylation sites (tertiary alicyclic amines) is 1. The van der Waals surface area contributed by atoms with Crippen molar-refractivity contribution in [3.8, 4) is 11.5 Å². The maximum absolute atomic E-state index is 14.0. The molecule has 1 fully saturated rings. The van der Waals surface area contributed by atoms with Crippen molar-refractivity contribution in [2.45, 2.75) is 19.8 Å². The molecule has 0 saturated carbocycles. The van der Waals surface area contributed by atoms with Crippen LogP contribution >= 0.6 is 0 Å². The zero-order chi connectivity index (χ0) is 19.2. The summed E-state index contributed by atoms with van der Waals surface area (Å²) in [5, 5.41) is 2.67. The molecule has 0 radical (unpaired) electrons. The number of rotatable bonds is 5. The lowest BCUT2D eigenvalue weighted by Gasteiger charge is -2.32. The summed E-state index contributed by atoms with van der Waals surface area (Å²) in [5.41, 5.74) is 1.03. The molecule has 0 aromatic heterocycles. The predicted octanol–water partition coefficient (Wildman–Crippen LogP) is 4.47. The molecule has 1 N–H and O–H groups in total. The Morgan fingerprint density at radius 1 is 1.26 bits per heavy atom. The third-order valence-corrected chi connectivity index (χ3v) is 4.70. The smallest absolute Gasteiger partial charge is 0.321 e. The van der Waals surface area contributed by atoms with Gasteiger partial charge < -0.3 is 19.7 Å². The van der Waals surface area contributed by atoms with Crippen molar-refractivity contribution < 1.29 is 18.7 Å². The number of aryl methyl sites for hydroxylation is 1. The van der Waals surface area contributed by atoms with Crippen LogP contribution in [0.1, 0.15) is 18.4 Å². The lowest BCUT2D eigenvalue weighted by atomic mass is 9.99. The van der Waals surface area contributed by atoms with E-state index in [1.807, 2.05) is 31.2 Å². The molecule has 1 aliphatic rings. The van der Waals surface area contributed by atoms with Crippen molar-refractivity contribution in [3.63, 3.8) is 0 Å². The van der Waals surface area contributed by atoms with Crippen molar-refractivity contribution in [1.29, 1.82) is 0 Å². The zero-order valence-electron chi connectivity index (χ0n) is 15.7. The van der Waals surface area contributed by atoms with Crippen molar-refractivity contribution in [2.24, 2.45) is 5.92 Å². The molecule has 0 aliphatic carbocycles. The average Bonchev–Trinajstić information content (AvgIpc) is 2.69. The van der Waals surface area contributed by atoms with E-state index < -0.39 is 5.82 Å². The first-order chi connectivity index (χ1) is 13.0. The van der Waals surface area contributed by atoms with Gasteiger partial charge in [0.25, 0.3) is 0 Å². The van der Waals surface area contributed by atoms with Gasteiger partial charge in [-0.25, -0.2) is 9.18 Å². The van der Waals surface area contributed by atoms with Crippen LogP contribution in [-0.4, -0.2) is 37.7 Å². The van der Waals surface area contributed by atoms with Crippen LogP contribution in [0.4, 0.5) is 14.9 Å². The highest BCUT2D eigenvalue weighted by molar-refractivity contribution is 5.89. The van der Waals surface area contributed by atoms with Crippen molar-refractivity contribution >= 4 is 11.7 Å². The third-order valence-electron chi connectivity index (χ3n) is 4.70. The summed E-state index contributed by atoms with van der Waals surface area (Å²) in [7, 11) is 1.62. The van der Waals surface area contributed by atoms with Crippen LogP contribution in [0.15, 0.2) is 42.5 Å². The highest BCUT2D eigenvalue weighted by atomic mass is 19.1. The number of amides is 2. The van der Waals surface area contributed by atoms with E-state index in [1.165, 1.54) is 6.07 Å². The predicted molar refractivity (Wildman–Crippen MR) is 103 cm³/mol. The van der Waals surface area contributed by atoms with Crippen LogP contribution in [0.3, 0.4) is 0 Å². The van der Waals surface area contributed by atoms with Gasteiger partial charge in [-0.2, -0.15) is 0 Å². The van der Waals surface area contributed by atoms with E-state index >= 15 is 0 Å². The topological polar surface area (TPSA) is 50.8 Å². The van der Waals surface area contributed by atoms with E-state index in [1.54, 1.807) is 24.1 Å². The van der Waals surface area contributed by atoms with E-state index in [4.69, 9.17) is 9.47 Å². The van der Waals surface area contributed by atoms with Crippen LogP contribution in [-0.2, 0) is 0 Å². The van der Waals surface area contributed by atoms with Crippen molar-refractivity contribution in [3.05, 3.63) is 53.8 Å². The van der Waals surface area contributed by atoms with E-state index in [0.717, 1.165) is 29.9 Å². The van der Waals surface area contributed by atoms with Crippen LogP contribution in [0.5, 0.6) is 11.5 Å². The second-order valence-corrected chi connectivity index (χ2v) is 6.86. The molecule has 0 unspecified atom stereocenters. The molecule has 5 nitrogen and oxygen atoms in total. The van der Waals surface area contributed by atoms with Gasteiger partial charge in [0.05, 0.1) is 19.4 Å². The molecular weight excluding hydrogens is 347 g/mol. The molecule has 2 amide bonds. The highest BCUT2D eigenvalue weighted by Gasteiger charge is 2.24. The highest BCUT2D eigenvalue weighted by Crippen LogP contribution is 2.23. The van der Waals surface area contributed by atoms with Crippen LogP contribution in [0.2, 0.25) is 0 Å². The number of nitrogens with one attached hydrogen (secondary N) is 1. The molecule has 2 aromatic rings. The Labute approximate surface area is 159 Å². The fourth-order valence-electron chi connectivity index (χ4n) is 3.21. The van der Waals surface area contributed by atoms with Gasteiger partial charge in [-0.15, -0.1) is 0 Å². The Balaban J connectivity index is 1.54. The summed E-state index contributed by atoms with van der Waals surface area (Å²) >= 11 is 0. The van der Waals surface area contributed by atoms with E-state index in [9.17, 15) is 9.18 Å². The second-order valence-electron chi connectivity index (χ2n) is 6.86. The monoisotopic (exact) mass is 372 g/mol. The second kappa shape index (κ2) is 8.75. The summed E-state index contributed by atoms with van der Waals surface area (Å²) in [6, 6.07) is 12.0. The lowest BCUT2D eigenvalue weighted by molar-refractivity contribution is 0.145. The summed E-state index contributed by atoms with van der Waals surface area (Å²) in [6.45, 7) is 3.58. The Morgan fingerprint density at radius 3 is 2.85 bits per heavy atom. The molecular formula is C21H25FN2O3. The minimum Gasteiger partial charge on any atom is -0.497 e. The number of anilines is 1. The number of nitrogens with zero attached hydrogens (tertiary/aromatic N) is 1. The minimum atomic E-state index is -0.418. The van der Waals surface area contributed by atoms with Crippen LogP contribution < -0.4 is 14.8 Å². The number of halogens is 1. The van der Waals surface area contributed by atoms with Gasteiger partial charge >= 0.3 is 6.03 Å². The minimum absolute atomic E-state index is 0.209. The van der Waals surface area contributed by atoms with Crippen LogP contribution in [0, 0.1) is 18.7 Å². The van der Waals surface area contributed by atoms with E-state index in [0.29, 0.717) is 19.7 Å². The number of methoxy groups -OCH3 is 1. The maximum Gasteiger partial charge on any atom is 0.321 e. The van der Waals surface area contributed by atoms with Gasteiger partial charge in [-0.1, -0.05) is 12.1 Å². The number of carbonyl (C=O) groups is 1. The first-order valence-corrected chi connectivity index (χ1v) is 9.14. The van der Waals surface area contributed by atoms with Gasteiger partial charge in [-0.05, 0) is 49.6 Å². The fourth-order valence-corrected chi connectivity index (χ4v) is 3.21. The fraction of sp³-hybridized carbons (Fsp3) is 0.381. The lowest BCUT2D eigenvalue weighted by Crippen LogP contribution is -2.43. The van der Waals surface area contributed by atoms with Crippen molar-refractivity contribution in [1.82, 2.24) is 4.90 Å². The Morgan fingerprint density at radius 2 is 2.07 bits per heavy atom. The van der Waals surface area contributed by atoms with Gasteiger partial charge in [0, 0.05) is 25.1 Å². The summed E-state index contributed by atoms with van der Waals surface area (Å²) in [6.07, 6.45) is 1.89. The van der Waals surface area contributed by atoms with Gasteiger partial charge in [0.15, 0.2) is 0 Å². The molecule has 1 aliphatic heterocycles. The van der Waals surface area contributed by atoms with Crippen molar-refractivity contribution in [2.75, 3.05) is 32.1 Å². The summed E-state index contributed by atoms with van der Waals surface area (Å²) in [5.74, 6) is 1.31. The number of ether oxygens (including phenoxy) is 2. The molecule has 1 atom stereocenters. The Hall–Kier alpha value is -2.76. The molecule has 2 aromatic carbocycles. The number of hydrogen-bond acceptors (Lipinski definition) is 3. The molecule has 6 heteroatoms. The first kappa shape index (κ1) is 19.0. The number of carbonyl (C=O) groups excluding carboxylic acids is 1. The maximum atomic E-state index is 14.0. The average molecular weight is 372 g/mol. The van der Waals surface area contributed by atoms with Gasteiger partial charge in [0.2, 0.25) is 0 Å². The van der Waals surface area contributed by atoms with Gasteiger partial charge in [0.1, 0.15) is 17.3 Å². The number of benzene rings is 2. The molecule has 144 valence electrons. The Kier molecular flexibility index (Phi) is 6.16. The normalized spacial score (nSPS) is 16.7. The summed E-state index contributed by atoms with van der Waals surface area (Å²) < 4.78 is 25.0. The summed E-state index contributed by atoms with van der Waals surface area (Å²) in [4.78, 5) is 14.2. The molecule has 0 bridgehead atoms.